The van der Waals surface area contributed by atoms with Crippen LogP contribution in [0.4, 0.5) is 5.69 Å². The number of nitrogens with one attached hydrogen (secondary N) is 1. The minimum Gasteiger partial charge on any atom is -0.395 e. The molecule has 0 radical (unpaired) electrons. The molecule has 1 fully saturated rings. The first-order valence-electron chi connectivity index (χ1n) is 7.69. The number of aliphatic hydroxyl groups is 1. The van der Waals surface area contributed by atoms with Crippen LogP contribution in [0.2, 0.25) is 0 Å². The van der Waals surface area contributed by atoms with E-state index in [1.165, 1.54) is 25.7 Å². The Morgan fingerprint density at radius 1 is 1.38 bits per heavy atom. The maximum absolute atomic E-state index is 12.0. The highest BCUT2D eigenvalue weighted by Gasteiger charge is 2.18. The lowest BCUT2D eigenvalue weighted by molar-refractivity contribution is -0.117. The van der Waals surface area contributed by atoms with Crippen LogP contribution >= 0.6 is 0 Å². The van der Waals surface area contributed by atoms with Crippen molar-refractivity contribution < 1.29 is 9.90 Å². The highest BCUT2D eigenvalue weighted by atomic mass is 16.2. The molecule has 21 heavy (non-hydrogen) atoms. The van der Waals surface area contributed by atoms with Crippen molar-refractivity contribution in [1.29, 1.82) is 0 Å². The summed E-state index contributed by atoms with van der Waals surface area (Å²) in [6, 6.07) is 5.77. The van der Waals surface area contributed by atoms with Crippen molar-refractivity contribution in [2.45, 2.75) is 45.4 Å². The number of amides is 1. The molecule has 1 aromatic carbocycles. The van der Waals surface area contributed by atoms with Crippen molar-refractivity contribution >= 4 is 11.6 Å². The minimum atomic E-state index is 0.0847. The molecule has 1 saturated carbocycles. The van der Waals surface area contributed by atoms with Gasteiger partial charge in [0, 0.05) is 24.1 Å². The Hall–Kier alpha value is -1.79. The van der Waals surface area contributed by atoms with Crippen molar-refractivity contribution in [2.24, 2.45) is 5.92 Å². The molecule has 3 heteroatoms. The Balaban J connectivity index is 1.93. The van der Waals surface area contributed by atoms with Crippen molar-refractivity contribution in [3.63, 3.8) is 0 Å². The molecule has 0 saturated heterocycles. The molecule has 1 amide bonds. The molecule has 2 N–H and O–H groups in total. The van der Waals surface area contributed by atoms with E-state index >= 15 is 0 Å². The van der Waals surface area contributed by atoms with Gasteiger partial charge in [0.2, 0.25) is 5.91 Å². The number of anilines is 1. The van der Waals surface area contributed by atoms with Crippen LogP contribution in [0.15, 0.2) is 18.2 Å². The van der Waals surface area contributed by atoms with Crippen LogP contribution in [0.25, 0.3) is 0 Å². The van der Waals surface area contributed by atoms with Crippen LogP contribution < -0.4 is 5.32 Å². The van der Waals surface area contributed by atoms with E-state index in [0.717, 1.165) is 16.8 Å². The van der Waals surface area contributed by atoms with Crippen LogP contribution in [-0.4, -0.2) is 17.6 Å². The Labute approximate surface area is 126 Å². The molecular formula is C18H23NO2. The predicted molar refractivity (Wildman–Crippen MR) is 85.0 cm³/mol. The van der Waals surface area contributed by atoms with Gasteiger partial charge in [-0.1, -0.05) is 24.7 Å². The SMILES string of the molecule is Cc1cc(NC(=O)CC2CCCC2)ccc1C#CCCO. The highest BCUT2D eigenvalue weighted by molar-refractivity contribution is 5.91. The second-order valence-corrected chi connectivity index (χ2v) is 5.71. The van der Waals surface area contributed by atoms with Crippen molar-refractivity contribution in [2.75, 3.05) is 11.9 Å². The van der Waals surface area contributed by atoms with E-state index < -0.39 is 0 Å². The average molecular weight is 285 g/mol. The van der Waals surface area contributed by atoms with Gasteiger partial charge in [-0.3, -0.25) is 4.79 Å². The van der Waals surface area contributed by atoms with Gasteiger partial charge in [-0.25, -0.2) is 0 Å². The van der Waals surface area contributed by atoms with E-state index in [0.29, 0.717) is 18.8 Å². The summed E-state index contributed by atoms with van der Waals surface area (Å²) in [6.45, 7) is 2.07. The number of benzene rings is 1. The van der Waals surface area contributed by atoms with Gasteiger partial charge in [-0.2, -0.15) is 0 Å². The van der Waals surface area contributed by atoms with Gasteiger partial charge in [0.05, 0.1) is 6.61 Å². The second kappa shape index (κ2) is 7.85. The van der Waals surface area contributed by atoms with Crippen LogP contribution in [-0.2, 0) is 4.79 Å². The zero-order valence-corrected chi connectivity index (χ0v) is 12.6. The molecule has 0 aliphatic heterocycles. The third-order valence-corrected chi connectivity index (χ3v) is 3.92. The predicted octanol–water partition coefficient (Wildman–Crippen LogP) is 3.25. The lowest BCUT2D eigenvalue weighted by Crippen LogP contribution is -2.15. The van der Waals surface area contributed by atoms with Gasteiger partial charge in [0.15, 0.2) is 0 Å². The van der Waals surface area contributed by atoms with Crippen molar-refractivity contribution in [3.8, 4) is 11.8 Å². The van der Waals surface area contributed by atoms with Crippen LogP contribution in [0.5, 0.6) is 0 Å². The maximum atomic E-state index is 12.0. The van der Waals surface area contributed by atoms with E-state index in [1.807, 2.05) is 25.1 Å². The number of carbonyl (C=O) groups excluding carboxylic acids is 1. The molecule has 0 heterocycles. The summed E-state index contributed by atoms with van der Waals surface area (Å²) in [5.41, 5.74) is 2.82. The van der Waals surface area contributed by atoms with E-state index in [4.69, 9.17) is 5.11 Å². The van der Waals surface area contributed by atoms with Gasteiger partial charge in [-0.15, -0.1) is 0 Å². The van der Waals surface area contributed by atoms with Gasteiger partial charge in [-0.05, 0) is 49.4 Å². The topological polar surface area (TPSA) is 49.3 Å². The van der Waals surface area contributed by atoms with E-state index in [2.05, 4.69) is 17.2 Å². The summed E-state index contributed by atoms with van der Waals surface area (Å²) >= 11 is 0. The molecule has 3 nitrogen and oxygen atoms in total. The van der Waals surface area contributed by atoms with Gasteiger partial charge in [0.25, 0.3) is 0 Å². The van der Waals surface area contributed by atoms with Gasteiger partial charge in [0.1, 0.15) is 0 Å². The Bertz CT molecular complexity index is 548. The fourth-order valence-electron chi connectivity index (χ4n) is 2.78. The Morgan fingerprint density at radius 2 is 2.14 bits per heavy atom. The number of carbonyl (C=O) groups is 1. The zero-order valence-electron chi connectivity index (χ0n) is 12.6. The molecule has 0 unspecified atom stereocenters. The van der Waals surface area contributed by atoms with E-state index in [9.17, 15) is 4.79 Å². The smallest absolute Gasteiger partial charge is 0.224 e. The monoisotopic (exact) mass is 285 g/mol. The first kappa shape index (κ1) is 15.6. The number of hydrogen-bond donors (Lipinski definition) is 2. The molecule has 1 aliphatic carbocycles. The largest absolute Gasteiger partial charge is 0.395 e. The van der Waals surface area contributed by atoms with Gasteiger partial charge < -0.3 is 10.4 Å². The molecule has 1 aromatic rings. The number of aliphatic hydroxyl groups excluding tert-OH is 1. The van der Waals surface area contributed by atoms with Crippen molar-refractivity contribution in [1.82, 2.24) is 0 Å². The molecule has 1 aliphatic rings. The summed E-state index contributed by atoms with van der Waals surface area (Å²) in [7, 11) is 0. The lowest BCUT2D eigenvalue weighted by atomic mass is 10.0. The number of hydrogen-bond acceptors (Lipinski definition) is 2. The lowest BCUT2D eigenvalue weighted by Gasteiger charge is -2.10. The Morgan fingerprint density at radius 3 is 2.81 bits per heavy atom. The Kier molecular flexibility index (Phi) is 5.83. The molecule has 112 valence electrons. The third kappa shape index (κ3) is 4.91. The van der Waals surface area contributed by atoms with Crippen LogP contribution in [0.3, 0.4) is 0 Å². The molecule has 2 rings (SSSR count). The van der Waals surface area contributed by atoms with Gasteiger partial charge >= 0.3 is 0 Å². The molecular weight excluding hydrogens is 262 g/mol. The normalized spacial score (nSPS) is 14.6. The number of aryl methyl sites for hydroxylation is 1. The molecule has 0 atom stereocenters. The minimum absolute atomic E-state index is 0.0847. The van der Waals surface area contributed by atoms with Crippen molar-refractivity contribution in [3.05, 3.63) is 29.3 Å². The highest BCUT2D eigenvalue weighted by Crippen LogP contribution is 2.27. The van der Waals surface area contributed by atoms with E-state index in [1.54, 1.807) is 0 Å². The molecule has 0 bridgehead atoms. The molecule has 0 aromatic heterocycles. The van der Waals surface area contributed by atoms with Crippen LogP contribution in [0, 0.1) is 24.7 Å². The number of rotatable bonds is 4. The fourth-order valence-corrected chi connectivity index (χ4v) is 2.78. The maximum Gasteiger partial charge on any atom is 0.224 e. The molecule has 0 spiro atoms. The standard InChI is InChI=1S/C18H23NO2/c1-14-12-17(10-9-16(14)8-4-5-11-20)19-18(21)13-15-6-2-3-7-15/h9-10,12,15,20H,2-3,5-7,11,13H2,1H3,(H,19,21). The first-order chi connectivity index (χ1) is 10.2. The fraction of sp³-hybridized carbons (Fsp3) is 0.500. The summed E-state index contributed by atoms with van der Waals surface area (Å²) in [5.74, 6) is 6.62. The third-order valence-electron chi connectivity index (χ3n) is 3.92. The summed E-state index contributed by atoms with van der Waals surface area (Å²) in [6.07, 6.45) is 6.02. The summed E-state index contributed by atoms with van der Waals surface area (Å²) < 4.78 is 0. The summed E-state index contributed by atoms with van der Waals surface area (Å²) in [4.78, 5) is 12.0. The summed E-state index contributed by atoms with van der Waals surface area (Å²) in [5, 5.41) is 11.7. The average Bonchev–Trinajstić information content (AvgIpc) is 2.94. The van der Waals surface area contributed by atoms with Crippen LogP contribution in [0.1, 0.15) is 49.7 Å². The second-order valence-electron chi connectivity index (χ2n) is 5.71. The zero-order chi connectivity index (χ0) is 15.1. The van der Waals surface area contributed by atoms with E-state index in [-0.39, 0.29) is 12.5 Å². The quantitative estimate of drug-likeness (QED) is 0.834. The first-order valence-corrected chi connectivity index (χ1v) is 7.69.